The molecule has 0 unspecified atom stereocenters. The third kappa shape index (κ3) is 3.60. The molecule has 1 heterocycles. The van der Waals surface area contributed by atoms with Gasteiger partial charge in [0.25, 0.3) is 0 Å². The summed E-state index contributed by atoms with van der Waals surface area (Å²) in [6.45, 7) is 4.64. The first-order chi connectivity index (χ1) is 11.5. The Morgan fingerprint density at radius 2 is 2.04 bits per heavy atom. The minimum atomic E-state index is -3.55. The zero-order valence-electron chi connectivity index (χ0n) is 14.0. The number of hydrogen-bond donors (Lipinski definition) is 0. The molecule has 0 saturated heterocycles. The molecular weight excluding hydrogens is 324 g/mol. The lowest BCUT2D eigenvalue weighted by Crippen LogP contribution is -2.33. The molecule has 1 fully saturated rings. The first-order valence-electron chi connectivity index (χ1n) is 8.17. The molecule has 0 N–H and O–H groups in total. The summed E-state index contributed by atoms with van der Waals surface area (Å²) >= 11 is 0. The van der Waals surface area contributed by atoms with E-state index in [-0.39, 0.29) is 6.04 Å². The van der Waals surface area contributed by atoms with Crippen molar-refractivity contribution < 1.29 is 13.2 Å². The summed E-state index contributed by atoms with van der Waals surface area (Å²) in [6, 6.07) is 10.7. The summed E-state index contributed by atoms with van der Waals surface area (Å²) in [7, 11) is -3.55. The molecule has 1 aromatic heterocycles. The highest BCUT2D eigenvalue weighted by molar-refractivity contribution is 7.89. The molecule has 1 aliphatic rings. The fourth-order valence-corrected chi connectivity index (χ4v) is 4.40. The number of aromatic nitrogens is 1. The van der Waals surface area contributed by atoms with E-state index in [2.05, 4.69) is 4.98 Å². The summed E-state index contributed by atoms with van der Waals surface area (Å²) in [5, 5.41) is 0. The van der Waals surface area contributed by atoms with Crippen LogP contribution in [0.3, 0.4) is 0 Å². The molecule has 3 rings (SSSR count). The highest BCUT2D eigenvalue weighted by Crippen LogP contribution is 2.34. The predicted octanol–water partition coefficient (Wildman–Crippen LogP) is 3.14. The highest BCUT2D eigenvalue weighted by Gasteiger charge is 2.38. The third-order valence-electron chi connectivity index (χ3n) is 4.05. The molecule has 2 aromatic rings. The average molecular weight is 346 g/mol. The van der Waals surface area contributed by atoms with E-state index in [1.807, 2.05) is 32.0 Å². The van der Waals surface area contributed by atoms with Gasteiger partial charge in [-0.05, 0) is 62.6 Å². The fourth-order valence-electron chi connectivity index (χ4n) is 2.66. The smallest absolute Gasteiger partial charge is 0.243 e. The summed E-state index contributed by atoms with van der Waals surface area (Å²) in [6.07, 6.45) is 3.50. The van der Waals surface area contributed by atoms with Gasteiger partial charge in [0.15, 0.2) is 0 Å². The van der Waals surface area contributed by atoms with Crippen molar-refractivity contribution in [2.45, 2.75) is 44.2 Å². The van der Waals surface area contributed by atoms with Crippen LogP contribution in [-0.4, -0.2) is 30.4 Å². The van der Waals surface area contributed by atoms with Crippen LogP contribution in [0.15, 0.2) is 47.5 Å². The summed E-state index contributed by atoms with van der Waals surface area (Å²) in [5.74, 6) is 0.721. The molecule has 6 heteroatoms. The Bertz CT molecular complexity index is 802. The van der Waals surface area contributed by atoms with Crippen molar-refractivity contribution in [2.24, 2.45) is 0 Å². The molecule has 0 amide bonds. The second-order valence-electron chi connectivity index (χ2n) is 5.96. The number of pyridine rings is 1. The van der Waals surface area contributed by atoms with Gasteiger partial charge in [-0.15, -0.1) is 0 Å². The fraction of sp³-hybridized carbons (Fsp3) is 0.389. The molecule has 1 aromatic carbocycles. The normalized spacial score (nSPS) is 14.8. The molecule has 24 heavy (non-hydrogen) atoms. The van der Waals surface area contributed by atoms with Gasteiger partial charge in [-0.3, -0.25) is 4.98 Å². The van der Waals surface area contributed by atoms with Crippen molar-refractivity contribution in [1.29, 1.82) is 0 Å². The van der Waals surface area contributed by atoms with Gasteiger partial charge in [0.05, 0.1) is 23.7 Å². The standard InChI is InChI=1S/C18H22N2O3S/c1-3-23-18-10-9-17(12-14(18)2)24(21,22)20(16-7-8-16)13-15-6-4-5-11-19-15/h4-6,9-12,16H,3,7-8,13H2,1-2H3. The van der Waals surface area contributed by atoms with E-state index in [9.17, 15) is 8.42 Å². The molecule has 1 saturated carbocycles. The number of rotatable bonds is 7. The van der Waals surface area contributed by atoms with Gasteiger partial charge in [-0.2, -0.15) is 4.31 Å². The van der Waals surface area contributed by atoms with E-state index in [1.165, 1.54) is 0 Å². The van der Waals surface area contributed by atoms with Crippen LogP contribution in [0.4, 0.5) is 0 Å². The van der Waals surface area contributed by atoms with Crippen molar-refractivity contribution in [3.05, 3.63) is 53.9 Å². The Morgan fingerprint density at radius 1 is 1.25 bits per heavy atom. The van der Waals surface area contributed by atoms with Gasteiger partial charge in [-0.25, -0.2) is 8.42 Å². The van der Waals surface area contributed by atoms with Crippen molar-refractivity contribution in [1.82, 2.24) is 9.29 Å². The van der Waals surface area contributed by atoms with Crippen LogP contribution in [-0.2, 0) is 16.6 Å². The Hall–Kier alpha value is -1.92. The molecule has 0 radical (unpaired) electrons. The number of aryl methyl sites for hydroxylation is 1. The van der Waals surface area contributed by atoms with Crippen LogP contribution >= 0.6 is 0 Å². The summed E-state index contributed by atoms with van der Waals surface area (Å²) in [5.41, 5.74) is 1.59. The summed E-state index contributed by atoms with van der Waals surface area (Å²) in [4.78, 5) is 4.58. The number of nitrogens with zero attached hydrogens (tertiary/aromatic N) is 2. The van der Waals surface area contributed by atoms with E-state index in [0.29, 0.717) is 18.0 Å². The maximum atomic E-state index is 13.1. The van der Waals surface area contributed by atoms with Crippen LogP contribution < -0.4 is 4.74 Å². The van der Waals surface area contributed by atoms with Gasteiger partial charge < -0.3 is 4.74 Å². The van der Waals surface area contributed by atoms with Crippen LogP contribution in [0.2, 0.25) is 0 Å². The lowest BCUT2D eigenvalue weighted by atomic mass is 10.2. The van der Waals surface area contributed by atoms with E-state index in [0.717, 1.165) is 29.8 Å². The maximum absolute atomic E-state index is 13.1. The van der Waals surface area contributed by atoms with Gasteiger partial charge in [-0.1, -0.05) is 6.07 Å². The van der Waals surface area contributed by atoms with E-state index < -0.39 is 10.0 Å². The van der Waals surface area contributed by atoms with E-state index in [4.69, 9.17) is 4.74 Å². The van der Waals surface area contributed by atoms with Gasteiger partial charge in [0, 0.05) is 12.2 Å². The Morgan fingerprint density at radius 3 is 2.62 bits per heavy atom. The van der Waals surface area contributed by atoms with E-state index in [1.54, 1.807) is 28.7 Å². The quantitative estimate of drug-likeness (QED) is 0.773. The number of sulfonamides is 1. The van der Waals surface area contributed by atoms with Crippen molar-refractivity contribution >= 4 is 10.0 Å². The molecule has 0 atom stereocenters. The average Bonchev–Trinajstić information content (AvgIpc) is 3.40. The second kappa shape index (κ2) is 6.91. The molecule has 128 valence electrons. The first kappa shape index (κ1) is 16.9. The van der Waals surface area contributed by atoms with Crippen LogP contribution in [0.1, 0.15) is 31.0 Å². The van der Waals surface area contributed by atoms with E-state index >= 15 is 0 Å². The molecule has 1 aliphatic carbocycles. The van der Waals surface area contributed by atoms with Gasteiger partial charge in [0.1, 0.15) is 5.75 Å². The Balaban J connectivity index is 1.90. The SMILES string of the molecule is CCOc1ccc(S(=O)(=O)N(Cc2ccccn2)C2CC2)cc1C. The van der Waals surface area contributed by atoms with Crippen LogP contribution in [0.25, 0.3) is 0 Å². The Labute approximate surface area is 143 Å². The van der Waals surface area contributed by atoms with Gasteiger partial charge >= 0.3 is 0 Å². The minimum Gasteiger partial charge on any atom is -0.494 e. The first-order valence-corrected chi connectivity index (χ1v) is 9.61. The number of hydrogen-bond acceptors (Lipinski definition) is 4. The molecule has 5 nitrogen and oxygen atoms in total. The number of benzene rings is 1. The highest BCUT2D eigenvalue weighted by atomic mass is 32.2. The lowest BCUT2D eigenvalue weighted by Gasteiger charge is -2.22. The molecule has 0 spiro atoms. The number of ether oxygens (including phenoxy) is 1. The van der Waals surface area contributed by atoms with Crippen molar-refractivity contribution in [3.8, 4) is 5.75 Å². The molecule has 0 bridgehead atoms. The monoisotopic (exact) mass is 346 g/mol. The van der Waals surface area contributed by atoms with Crippen molar-refractivity contribution in [2.75, 3.05) is 6.61 Å². The minimum absolute atomic E-state index is 0.0730. The summed E-state index contributed by atoms with van der Waals surface area (Å²) < 4.78 is 33.3. The predicted molar refractivity (Wildman–Crippen MR) is 92.3 cm³/mol. The van der Waals surface area contributed by atoms with Gasteiger partial charge in [0.2, 0.25) is 10.0 Å². The lowest BCUT2D eigenvalue weighted by molar-refractivity contribution is 0.337. The third-order valence-corrected chi connectivity index (χ3v) is 5.95. The largest absolute Gasteiger partial charge is 0.494 e. The molecule has 0 aliphatic heterocycles. The zero-order chi connectivity index (χ0) is 17.2. The molecular formula is C18H22N2O3S. The maximum Gasteiger partial charge on any atom is 0.243 e. The zero-order valence-corrected chi connectivity index (χ0v) is 14.8. The topological polar surface area (TPSA) is 59.5 Å². The van der Waals surface area contributed by atoms with Crippen molar-refractivity contribution in [3.63, 3.8) is 0 Å². The Kier molecular flexibility index (Phi) is 4.87. The second-order valence-corrected chi connectivity index (χ2v) is 7.85. The van der Waals surface area contributed by atoms with Crippen LogP contribution in [0.5, 0.6) is 5.75 Å². The van der Waals surface area contributed by atoms with Crippen LogP contribution in [0, 0.1) is 6.92 Å².